The Morgan fingerprint density at radius 1 is 1.33 bits per heavy atom. The van der Waals surface area contributed by atoms with Crippen LogP contribution in [0.4, 0.5) is 0 Å². The first-order valence-corrected chi connectivity index (χ1v) is 11.4. The second-order valence-corrected chi connectivity index (χ2v) is 9.14. The van der Waals surface area contributed by atoms with Crippen molar-refractivity contribution in [2.45, 2.75) is 53.0 Å². The van der Waals surface area contributed by atoms with Gasteiger partial charge in [-0.2, -0.15) is 10.2 Å². The fourth-order valence-corrected chi connectivity index (χ4v) is 5.18. The Morgan fingerprint density at radius 3 is 2.90 bits per heavy atom. The van der Waals surface area contributed by atoms with E-state index in [2.05, 4.69) is 40.7 Å². The number of hydrogen-bond donors (Lipinski definition) is 1. The Bertz CT molecular complexity index is 1060. The SMILES string of the molecule is CCC1CCc2sc(C(=O)N/N=C/c3c(C)nn(Cc4ccccc4)c3C)cc2C1. The van der Waals surface area contributed by atoms with Gasteiger partial charge in [0.2, 0.25) is 0 Å². The van der Waals surface area contributed by atoms with Crippen molar-refractivity contribution in [3.05, 3.63) is 74.2 Å². The number of thiophene rings is 1. The van der Waals surface area contributed by atoms with Crippen molar-refractivity contribution >= 4 is 23.5 Å². The minimum atomic E-state index is -0.134. The minimum Gasteiger partial charge on any atom is -0.266 e. The molecule has 1 N–H and O–H groups in total. The lowest BCUT2D eigenvalue weighted by atomic mass is 9.87. The molecule has 5 nitrogen and oxygen atoms in total. The number of carbonyl (C=O) groups excluding carboxylic acids is 1. The number of hydrazone groups is 1. The van der Waals surface area contributed by atoms with Crippen LogP contribution in [0.25, 0.3) is 0 Å². The highest BCUT2D eigenvalue weighted by Gasteiger charge is 2.22. The number of amides is 1. The van der Waals surface area contributed by atoms with Crippen molar-refractivity contribution in [2.24, 2.45) is 11.0 Å². The van der Waals surface area contributed by atoms with Crippen molar-refractivity contribution in [2.75, 3.05) is 0 Å². The standard InChI is InChI=1S/C24H28N4OS/c1-4-18-10-11-22-20(12-18)13-23(30-22)24(29)26-25-14-21-16(2)27-28(17(21)3)15-19-8-6-5-7-9-19/h5-9,13-14,18H,4,10-12,15H2,1-3H3,(H,26,29)/b25-14+. The van der Waals surface area contributed by atoms with Crippen LogP contribution in [-0.2, 0) is 19.4 Å². The van der Waals surface area contributed by atoms with E-state index in [-0.39, 0.29) is 5.91 Å². The van der Waals surface area contributed by atoms with Crippen LogP contribution in [0.2, 0.25) is 0 Å². The van der Waals surface area contributed by atoms with Crippen molar-refractivity contribution in [3.8, 4) is 0 Å². The molecule has 1 atom stereocenters. The van der Waals surface area contributed by atoms with E-state index in [1.165, 1.54) is 28.8 Å². The van der Waals surface area contributed by atoms with Crippen LogP contribution in [-0.4, -0.2) is 21.9 Å². The highest BCUT2D eigenvalue weighted by molar-refractivity contribution is 7.14. The summed E-state index contributed by atoms with van der Waals surface area (Å²) in [7, 11) is 0. The van der Waals surface area contributed by atoms with Gasteiger partial charge in [0.15, 0.2) is 0 Å². The lowest BCUT2D eigenvalue weighted by Crippen LogP contribution is -2.16. The van der Waals surface area contributed by atoms with Crippen LogP contribution >= 0.6 is 11.3 Å². The number of rotatable bonds is 6. The molecule has 0 radical (unpaired) electrons. The van der Waals surface area contributed by atoms with Crippen LogP contribution in [0, 0.1) is 19.8 Å². The molecule has 0 saturated carbocycles. The lowest BCUT2D eigenvalue weighted by Gasteiger charge is -2.19. The summed E-state index contributed by atoms with van der Waals surface area (Å²) in [5, 5.41) is 8.86. The van der Waals surface area contributed by atoms with Crippen LogP contribution in [0.3, 0.4) is 0 Å². The molecule has 4 rings (SSSR count). The maximum atomic E-state index is 12.6. The molecule has 0 aliphatic heterocycles. The zero-order valence-corrected chi connectivity index (χ0v) is 18.6. The molecule has 3 aromatic rings. The van der Waals surface area contributed by atoms with Crippen molar-refractivity contribution in [1.82, 2.24) is 15.2 Å². The predicted molar refractivity (Wildman–Crippen MR) is 122 cm³/mol. The Hall–Kier alpha value is -2.73. The quantitative estimate of drug-likeness (QED) is 0.456. The first-order valence-electron chi connectivity index (χ1n) is 10.6. The summed E-state index contributed by atoms with van der Waals surface area (Å²) in [4.78, 5) is 14.7. The third-order valence-corrected chi connectivity index (χ3v) is 7.19. The molecule has 2 aromatic heterocycles. The number of hydrogen-bond acceptors (Lipinski definition) is 4. The number of carbonyl (C=O) groups is 1. The summed E-state index contributed by atoms with van der Waals surface area (Å²) in [5.74, 6) is 0.616. The van der Waals surface area contributed by atoms with Gasteiger partial charge in [-0.1, -0.05) is 43.7 Å². The predicted octanol–water partition coefficient (Wildman–Crippen LogP) is 4.89. The van der Waals surface area contributed by atoms with Gasteiger partial charge in [-0.25, -0.2) is 5.43 Å². The molecular formula is C24H28N4OS. The molecule has 0 fully saturated rings. The number of aromatic nitrogens is 2. The fourth-order valence-electron chi connectivity index (χ4n) is 4.08. The van der Waals surface area contributed by atoms with Crippen LogP contribution < -0.4 is 5.43 Å². The maximum Gasteiger partial charge on any atom is 0.281 e. The number of benzene rings is 1. The summed E-state index contributed by atoms with van der Waals surface area (Å²) in [6.45, 7) is 6.96. The van der Waals surface area contributed by atoms with E-state index in [1.807, 2.05) is 36.7 Å². The highest BCUT2D eigenvalue weighted by Crippen LogP contribution is 2.33. The first kappa shape index (κ1) is 20.5. The van der Waals surface area contributed by atoms with Gasteiger partial charge in [0.05, 0.1) is 23.3 Å². The molecule has 1 unspecified atom stereocenters. The van der Waals surface area contributed by atoms with E-state index in [0.29, 0.717) is 6.54 Å². The van der Waals surface area contributed by atoms with Crippen molar-refractivity contribution < 1.29 is 4.79 Å². The molecule has 1 aliphatic rings. The van der Waals surface area contributed by atoms with E-state index in [1.54, 1.807) is 17.6 Å². The smallest absolute Gasteiger partial charge is 0.266 e. The van der Waals surface area contributed by atoms with Gasteiger partial charge in [-0.15, -0.1) is 11.3 Å². The first-order chi connectivity index (χ1) is 14.5. The van der Waals surface area contributed by atoms with Crippen LogP contribution in [0.5, 0.6) is 0 Å². The molecule has 2 heterocycles. The van der Waals surface area contributed by atoms with Gasteiger partial charge in [0, 0.05) is 16.1 Å². The molecular weight excluding hydrogens is 392 g/mol. The van der Waals surface area contributed by atoms with Gasteiger partial charge < -0.3 is 0 Å². The third-order valence-electron chi connectivity index (χ3n) is 5.96. The summed E-state index contributed by atoms with van der Waals surface area (Å²) in [6.07, 6.45) is 6.33. The zero-order chi connectivity index (χ0) is 21.1. The number of aryl methyl sites for hydroxylation is 2. The second-order valence-electron chi connectivity index (χ2n) is 8.00. The Balaban J connectivity index is 1.42. The van der Waals surface area contributed by atoms with E-state index in [4.69, 9.17) is 0 Å². The second kappa shape index (κ2) is 8.96. The Morgan fingerprint density at radius 2 is 2.13 bits per heavy atom. The number of nitrogens with one attached hydrogen (secondary N) is 1. The highest BCUT2D eigenvalue weighted by atomic mass is 32.1. The molecule has 1 aromatic carbocycles. The monoisotopic (exact) mass is 420 g/mol. The van der Waals surface area contributed by atoms with Gasteiger partial charge in [0.25, 0.3) is 5.91 Å². The Kier molecular flexibility index (Phi) is 6.13. The third kappa shape index (κ3) is 4.38. The summed E-state index contributed by atoms with van der Waals surface area (Å²) < 4.78 is 1.98. The van der Waals surface area contributed by atoms with Gasteiger partial charge in [-0.3, -0.25) is 9.48 Å². The largest absolute Gasteiger partial charge is 0.281 e. The van der Waals surface area contributed by atoms with Gasteiger partial charge >= 0.3 is 0 Å². The van der Waals surface area contributed by atoms with E-state index >= 15 is 0 Å². The molecule has 1 amide bonds. The topological polar surface area (TPSA) is 59.3 Å². The zero-order valence-electron chi connectivity index (χ0n) is 17.8. The molecule has 1 aliphatic carbocycles. The van der Waals surface area contributed by atoms with Crippen LogP contribution in [0.15, 0.2) is 41.5 Å². The Labute approximate surface area is 181 Å². The minimum absolute atomic E-state index is 0.134. The molecule has 0 bridgehead atoms. The average molecular weight is 421 g/mol. The summed E-state index contributed by atoms with van der Waals surface area (Å²) in [5.41, 5.74) is 8.13. The number of nitrogens with zero attached hydrogens (tertiary/aromatic N) is 3. The average Bonchev–Trinajstić information content (AvgIpc) is 3.30. The molecule has 156 valence electrons. The molecule has 30 heavy (non-hydrogen) atoms. The van der Waals surface area contributed by atoms with E-state index in [0.717, 1.165) is 40.6 Å². The fraction of sp³-hybridized carbons (Fsp3) is 0.375. The molecule has 0 saturated heterocycles. The summed E-state index contributed by atoms with van der Waals surface area (Å²) >= 11 is 1.61. The molecule has 6 heteroatoms. The van der Waals surface area contributed by atoms with Gasteiger partial charge in [-0.05, 0) is 56.2 Å². The maximum absolute atomic E-state index is 12.6. The van der Waals surface area contributed by atoms with Gasteiger partial charge in [0.1, 0.15) is 0 Å². The van der Waals surface area contributed by atoms with E-state index in [9.17, 15) is 4.79 Å². The van der Waals surface area contributed by atoms with Crippen molar-refractivity contribution in [3.63, 3.8) is 0 Å². The van der Waals surface area contributed by atoms with E-state index < -0.39 is 0 Å². The molecule has 0 spiro atoms. The van der Waals surface area contributed by atoms with Crippen molar-refractivity contribution in [1.29, 1.82) is 0 Å². The lowest BCUT2D eigenvalue weighted by molar-refractivity contribution is 0.0959. The normalized spacial score (nSPS) is 16.0. The number of fused-ring (bicyclic) bond motifs is 1. The summed E-state index contributed by atoms with van der Waals surface area (Å²) in [6, 6.07) is 12.3. The van der Waals surface area contributed by atoms with Crippen LogP contribution in [0.1, 0.15) is 62.4 Å².